The van der Waals surface area contributed by atoms with Crippen LogP contribution >= 0.6 is 0 Å². The lowest BCUT2D eigenvalue weighted by Crippen LogP contribution is -3.00. The van der Waals surface area contributed by atoms with E-state index in [4.69, 9.17) is 4.74 Å². The van der Waals surface area contributed by atoms with E-state index in [9.17, 15) is 5.11 Å². The molecule has 0 aromatic heterocycles. The molecular weight excluding hydrogens is 389 g/mol. The van der Waals surface area contributed by atoms with Crippen LogP contribution in [0.4, 0.5) is 0 Å². The standard InChI is InChI=1S/C18H22NO2.HI/c1-19(12-15-8-4-2-5-9-15)13-17(20)18(14-19)21-16-10-6-3-7-11-16;/h2-11,17-18,20H,12-14H2,1H3;1H/q+1;/p-1/t17-,18-,19?;/m0./s1. The highest BCUT2D eigenvalue weighted by molar-refractivity contribution is 5.21. The van der Waals surface area contributed by atoms with E-state index in [1.165, 1.54) is 5.56 Å². The number of hydrogen-bond donors (Lipinski definition) is 1. The van der Waals surface area contributed by atoms with Gasteiger partial charge in [0.15, 0.2) is 6.10 Å². The van der Waals surface area contributed by atoms with Gasteiger partial charge in [-0.15, -0.1) is 0 Å². The fraction of sp³-hybridized carbons (Fsp3) is 0.333. The van der Waals surface area contributed by atoms with Gasteiger partial charge in [0.25, 0.3) is 0 Å². The molecule has 0 aliphatic carbocycles. The molecule has 0 amide bonds. The van der Waals surface area contributed by atoms with Crippen LogP contribution in [0, 0.1) is 0 Å². The van der Waals surface area contributed by atoms with Crippen LogP contribution in [0.2, 0.25) is 0 Å². The van der Waals surface area contributed by atoms with Crippen molar-refractivity contribution in [3.63, 3.8) is 0 Å². The molecule has 3 nitrogen and oxygen atoms in total. The van der Waals surface area contributed by atoms with Crippen LogP contribution in [0.5, 0.6) is 5.75 Å². The smallest absolute Gasteiger partial charge is 0.178 e. The summed E-state index contributed by atoms with van der Waals surface area (Å²) < 4.78 is 6.76. The van der Waals surface area contributed by atoms with Crippen molar-refractivity contribution in [3.05, 3.63) is 66.2 Å². The van der Waals surface area contributed by atoms with Gasteiger partial charge in [-0.05, 0) is 12.1 Å². The maximum Gasteiger partial charge on any atom is 0.178 e. The van der Waals surface area contributed by atoms with Crippen LogP contribution in [0.25, 0.3) is 0 Å². The molecule has 0 spiro atoms. The molecule has 1 heterocycles. The molecule has 22 heavy (non-hydrogen) atoms. The number of para-hydroxylation sites is 1. The predicted octanol–water partition coefficient (Wildman–Crippen LogP) is -0.541. The van der Waals surface area contributed by atoms with Gasteiger partial charge in [0.2, 0.25) is 0 Å². The molecule has 1 N–H and O–H groups in total. The minimum absolute atomic E-state index is 0. The fourth-order valence-corrected chi connectivity index (χ4v) is 3.14. The molecule has 0 saturated carbocycles. The van der Waals surface area contributed by atoms with Gasteiger partial charge in [-0.2, -0.15) is 0 Å². The van der Waals surface area contributed by atoms with Gasteiger partial charge in [-0.3, -0.25) is 0 Å². The van der Waals surface area contributed by atoms with E-state index in [0.717, 1.165) is 29.9 Å². The van der Waals surface area contributed by atoms with Crippen LogP contribution < -0.4 is 28.7 Å². The summed E-state index contributed by atoms with van der Waals surface area (Å²) in [7, 11) is 2.19. The fourth-order valence-electron chi connectivity index (χ4n) is 3.14. The van der Waals surface area contributed by atoms with Gasteiger partial charge >= 0.3 is 0 Å². The van der Waals surface area contributed by atoms with Crippen LogP contribution in [0.15, 0.2) is 60.7 Å². The van der Waals surface area contributed by atoms with Gasteiger partial charge in [0.05, 0.1) is 7.05 Å². The van der Waals surface area contributed by atoms with Crippen LogP contribution in [0.1, 0.15) is 5.56 Å². The Kier molecular flexibility index (Phi) is 5.83. The van der Waals surface area contributed by atoms with Crippen molar-refractivity contribution >= 4 is 0 Å². The third-order valence-electron chi connectivity index (χ3n) is 4.12. The van der Waals surface area contributed by atoms with E-state index >= 15 is 0 Å². The number of hydrogen-bond acceptors (Lipinski definition) is 2. The first-order valence-corrected chi connectivity index (χ1v) is 7.42. The quantitative estimate of drug-likeness (QED) is 0.541. The average Bonchev–Trinajstić information content (AvgIpc) is 2.75. The summed E-state index contributed by atoms with van der Waals surface area (Å²) in [5.74, 6) is 0.828. The van der Waals surface area contributed by atoms with Gasteiger partial charge in [-0.1, -0.05) is 48.5 Å². The van der Waals surface area contributed by atoms with Crippen molar-refractivity contribution in [1.29, 1.82) is 0 Å². The number of nitrogens with zero attached hydrogens (tertiary/aromatic N) is 1. The zero-order chi connectivity index (χ0) is 14.7. The number of aliphatic hydroxyl groups is 1. The van der Waals surface area contributed by atoms with Crippen molar-refractivity contribution in [3.8, 4) is 5.75 Å². The number of aliphatic hydroxyl groups excluding tert-OH is 1. The monoisotopic (exact) mass is 411 g/mol. The summed E-state index contributed by atoms with van der Waals surface area (Å²) in [5.41, 5.74) is 1.30. The van der Waals surface area contributed by atoms with Crippen LogP contribution in [-0.4, -0.2) is 41.9 Å². The highest BCUT2D eigenvalue weighted by Crippen LogP contribution is 2.25. The SMILES string of the molecule is C[N+]1(Cc2ccccc2)C[C@H](Oc2ccccc2)[C@@H](O)C1.[I-]. The van der Waals surface area contributed by atoms with Crippen molar-refractivity contribution < 1.29 is 38.3 Å². The number of ether oxygens (including phenoxy) is 1. The van der Waals surface area contributed by atoms with E-state index in [2.05, 4.69) is 31.3 Å². The average molecular weight is 411 g/mol. The molecule has 2 aromatic carbocycles. The van der Waals surface area contributed by atoms with Gasteiger partial charge < -0.3 is 38.3 Å². The number of halogens is 1. The summed E-state index contributed by atoms with van der Waals surface area (Å²) in [4.78, 5) is 0. The third-order valence-corrected chi connectivity index (χ3v) is 4.12. The molecule has 4 heteroatoms. The summed E-state index contributed by atoms with van der Waals surface area (Å²) in [5, 5.41) is 10.3. The summed E-state index contributed by atoms with van der Waals surface area (Å²) >= 11 is 0. The number of likely N-dealkylation sites (N-methyl/N-ethyl adjacent to an activating group) is 1. The minimum atomic E-state index is -0.418. The Morgan fingerprint density at radius 1 is 1.00 bits per heavy atom. The molecule has 1 aliphatic rings. The second-order valence-electron chi connectivity index (χ2n) is 6.17. The molecule has 1 saturated heterocycles. The Morgan fingerprint density at radius 3 is 2.23 bits per heavy atom. The van der Waals surface area contributed by atoms with Gasteiger partial charge in [0, 0.05) is 5.56 Å². The van der Waals surface area contributed by atoms with E-state index in [-0.39, 0.29) is 30.1 Å². The van der Waals surface area contributed by atoms with E-state index < -0.39 is 6.10 Å². The lowest BCUT2D eigenvalue weighted by Gasteiger charge is -2.29. The summed E-state index contributed by atoms with van der Waals surface area (Å²) in [6.45, 7) is 2.48. The Hall–Kier alpha value is -1.11. The number of rotatable bonds is 4. The molecule has 0 bridgehead atoms. The number of benzene rings is 2. The first-order chi connectivity index (χ1) is 10.1. The normalized spacial score (nSPS) is 27.2. The number of quaternary nitrogens is 1. The highest BCUT2D eigenvalue weighted by Gasteiger charge is 2.43. The predicted molar refractivity (Wildman–Crippen MR) is 82.9 cm³/mol. The zero-order valence-corrected chi connectivity index (χ0v) is 14.9. The Morgan fingerprint density at radius 2 is 1.59 bits per heavy atom. The maximum absolute atomic E-state index is 10.3. The lowest BCUT2D eigenvalue weighted by molar-refractivity contribution is -0.913. The first kappa shape index (κ1) is 17.2. The Labute approximate surface area is 149 Å². The first-order valence-electron chi connectivity index (χ1n) is 7.42. The molecule has 1 aliphatic heterocycles. The Bertz CT molecular complexity index is 578. The van der Waals surface area contributed by atoms with E-state index in [0.29, 0.717) is 0 Å². The van der Waals surface area contributed by atoms with E-state index in [1.54, 1.807) is 0 Å². The van der Waals surface area contributed by atoms with Crippen LogP contribution in [0.3, 0.4) is 0 Å². The van der Waals surface area contributed by atoms with Crippen LogP contribution in [-0.2, 0) is 6.54 Å². The minimum Gasteiger partial charge on any atom is -1.00 e. The van der Waals surface area contributed by atoms with Crippen molar-refractivity contribution in [2.45, 2.75) is 18.8 Å². The topological polar surface area (TPSA) is 29.5 Å². The summed E-state index contributed by atoms with van der Waals surface area (Å²) in [6.07, 6.45) is -0.556. The summed E-state index contributed by atoms with van der Waals surface area (Å²) in [6, 6.07) is 20.2. The second kappa shape index (κ2) is 7.44. The molecule has 1 fully saturated rings. The van der Waals surface area contributed by atoms with Gasteiger partial charge in [0.1, 0.15) is 31.5 Å². The molecule has 3 atom stereocenters. The second-order valence-corrected chi connectivity index (χ2v) is 6.17. The van der Waals surface area contributed by atoms with Crippen molar-refractivity contribution in [2.24, 2.45) is 0 Å². The Balaban J connectivity index is 0.00000176. The van der Waals surface area contributed by atoms with Crippen molar-refractivity contribution in [1.82, 2.24) is 0 Å². The maximum atomic E-state index is 10.3. The largest absolute Gasteiger partial charge is 1.00 e. The zero-order valence-electron chi connectivity index (χ0n) is 12.7. The van der Waals surface area contributed by atoms with E-state index in [1.807, 2.05) is 36.4 Å². The molecule has 0 radical (unpaired) electrons. The molecule has 3 rings (SSSR count). The third kappa shape index (κ3) is 4.21. The van der Waals surface area contributed by atoms with Crippen molar-refractivity contribution in [2.75, 3.05) is 20.1 Å². The lowest BCUT2D eigenvalue weighted by atomic mass is 10.2. The highest BCUT2D eigenvalue weighted by atomic mass is 127. The molecule has 1 unspecified atom stereocenters. The molecule has 2 aromatic rings. The molecule has 118 valence electrons. The molecular formula is C18H22INO2. The van der Waals surface area contributed by atoms with Gasteiger partial charge in [-0.25, -0.2) is 0 Å². The number of likely N-dealkylation sites (tertiary alicyclic amines) is 1.